The molecular formula is C26H30FN5O6. The summed E-state index contributed by atoms with van der Waals surface area (Å²) in [5.74, 6) is -2.59. The van der Waals surface area contributed by atoms with Crippen molar-refractivity contribution in [1.29, 1.82) is 0 Å². The Kier molecular flexibility index (Phi) is 8.54. The highest BCUT2D eigenvalue weighted by atomic mass is 19.1. The molecule has 0 radical (unpaired) electrons. The van der Waals surface area contributed by atoms with Crippen molar-refractivity contribution in [2.75, 3.05) is 33.3 Å². The summed E-state index contributed by atoms with van der Waals surface area (Å²) in [4.78, 5) is 53.8. The number of carbonyl (C=O) groups excluding carboxylic acids is 3. The van der Waals surface area contributed by atoms with Gasteiger partial charge in [0.15, 0.2) is 0 Å². The number of fused-ring (bicyclic) bond motifs is 1. The van der Waals surface area contributed by atoms with Crippen molar-refractivity contribution < 1.29 is 33.4 Å². The van der Waals surface area contributed by atoms with Crippen LogP contribution in [-0.2, 0) is 32.3 Å². The number of rotatable bonds is 9. The number of ether oxygens (including phenoxy) is 1. The van der Waals surface area contributed by atoms with Crippen molar-refractivity contribution in [1.82, 2.24) is 25.1 Å². The van der Waals surface area contributed by atoms with E-state index in [0.29, 0.717) is 5.56 Å². The van der Waals surface area contributed by atoms with Gasteiger partial charge in [-0.05, 0) is 23.3 Å². The number of urea groups is 1. The summed E-state index contributed by atoms with van der Waals surface area (Å²) in [6.45, 7) is 0.371. The van der Waals surface area contributed by atoms with Crippen molar-refractivity contribution in [2.45, 2.75) is 31.8 Å². The Bertz CT molecular complexity index is 1180. The van der Waals surface area contributed by atoms with E-state index in [1.165, 1.54) is 32.0 Å². The lowest BCUT2D eigenvalue weighted by Gasteiger charge is -2.54. The van der Waals surface area contributed by atoms with Gasteiger partial charge in [-0.25, -0.2) is 19.2 Å². The van der Waals surface area contributed by atoms with Crippen LogP contribution < -0.4 is 5.32 Å². The topological polar surface area (TPSA) is 123 Å². The molecule has 2 aromatic rings. The number of halogens is 1. The second-order valence-electron chi connectivity index (χ2n) is 9.17. The van der Waals surface area contributed by atoms with Crippen LogP contribution in [0, 0.1) is 5.82 Å². The van der Waals surface area contributed by atoms with E-state index in [1.807, 2.05) is 30.3 Å². The molecule has 0 saturated carbocycles. The summed E-state index contributed by atoms with van der Waals surface area (Å²) in [5, 5.41) is 15.1. The maximum atomic E-state index is 13.4. The predicted octanol–water partition coefficient (Wildman–Crippen LogP) is 1.25. The Morgan fingerprint density at radius 3 is 2.55 bits per heavy atom. The van der Waals surface area contributed by atoms with Gasteiger partial charge in [-0.3, -0.25) is 14.4 Å². The van der Waals surface area contributed by atoms with Crippen LogP contribution >= 0.6 is 0 Å². The highest BCUT2D eigenvalue weighted by molar-refractivity contribution is 5.93. The highest BCUT2D eigenvalue weighted by Crippen LogP contribution is 2.27. The summed E-state index contributed by atoms with van der Waals surface area (Å²) >= 11 is 0. The van der Waals surface area contributed by atoms with Gasteiger partial charge in [-0.15, -0.1) is 0 Å². The van der Waals surface area contributed by atoms with Crippen molar-refractivity contribution in [3.63, 3.8) is 0 Å². The molecule has 12 heteroatoms. The molecule has 2 aromatic carbocycles. The second-order valence-corrected chi connectivity index (χ2v) is 9.17. The third kappa shape index (κ3) is 6.26. The molecule has 2 heterocycles. The molecule has 4 amide bonds. The molecule has 0 aromatic heterocycles. The molecule has 0 bridgehead atoms. The zero-order valence-corrected chi connectivity index (χ0v) is 21.0. The fraction of sp³-hybridized carbons (Fsp3) is 0.385. The Morgan fingerprint density at radius 2 is 1.84 bits per heavy atom. The first-order valence-corrected chi connectivity index (χ1v) is 12.2. The molecule has 2 N–H and O–H groups in total. The van der Waals surface area contributed by atoms with Crippen molar-refractivity contribution in [2.24, 2.45) is 0 Å². The second kappa shape index (κ2) is 12.0. The number of hydrogen-bond donors (Lipinski definition) is 2. The van der Waals surface area contributed by atoms with E-state index in [4.69, 9.17) is 4.74 Å². The van der Waals surface area contributed by atoms with Gasteiger partial charge in [0.05, 0.1) is 32.7 Å². The molecular weight excluding hydrogens is 497 g/mol. The number of benzene rings is 2. The van der Waals surface area contributed by atoms with Crippen LogP contribution in [0.15, 0.2) is 54.6 Å². The largest absolute Gasteiger partial charge is 0.481 e. The van der Waals surface area contributed by atoms with E-state index in [2.05, 4.69) is 5.32 Å². The van der Waals surface area contributed by atoms with E-state index in [0.717, 1.165) is 5.56 Å². The zero-order valence-electron chi connectivity index (χ0n) is 21.0. The van der Waals surface area contributed by atoms with Crippen LogP contribution in [0.5, 0.6) is 0 Å². The zero-order chi connectivity index (χ0) is 27.2. The first-order valence-electron chi connectivity index (χ1n) is 12.2. The van der Waals surface area contributed by atoms with Crippen molar-refractivity contribution in [3.05, 3.63) is 71.5 Å². The fourth-order valence-electron chi connectivity index (χ4n) is 4.72. The van der Waals surface area contributed by atoms with Crippen molar-refractivity contribution in [3.8, 4) is 0 Å². The maximum Gasteiger partial charge on any atom is 0.334 e. The molecule has 2 aliphatic rings. The summed E-state index contributed by atoms with van der Waals surface area (Å²) < 4.78 is 19.0. The average molecular weight is 528 g/mol. The number of nitrogens with zero attached hydrogens (tertiary/aromatic N) is 4. The van der Waals surface area contributed by atoms with E-state index >= 15 is 0 Å². The summed E-state index contributed by atoms with van der Waals surface area (Å²) in [6.07, 6.45) is -1.49. The third-order valence-electron chi connectivity index (χ3n) is 6.47. The lowest BCUT2D eigenvalue weighted by molar-refractivity contribution is -0.189. The molecule has 4 rings (SSSR count). The fourth-order valence-corrected chi connectivity index (χ4v) is 4.72. The molecule has 2 saturated heterocycles. The number of carboxylic acids is 1. The number of hydrazine groups is 1. The van der Waals surface area contributed by atoms with Gasteiger partial charge in [-0.2, -0.15) is 0 Å². The van der Waals surface area contributed by atoms with Crippen LogP contribution in [0.1, 0.15) is 17.5 Å². The lowest BCUT2D eigenvalue weighted by atomic mass is 10.0. The molecule has 2 atom stereocenters. The maximum absolute atomic E-state index is 13.4. The number of carbonyl (C=O) groups is 4. The van der Waals surface area contributed by atoms with Gasteiger partial charge in [0, 0.05) is 20.1 Å². The first-order chi connectivity index (χ1) is 18.2. The van der Waals surface area contributed by atoms with Crippen molar-refractivity contribution >= 4 is 23.8 Å². The number of likely N-dealkylation sites (N-methyl/N-ethyl adjacent to an activating group) is 1. The average Bonchev–Trinajstić information content (AvgIpc) is 2.87. The summed E-state index contributed by atoms with van der Waals surface area (Å²) in [7, 11) is 1.59. The minimum atomic E-state index is -1.26. The predicted molar refractivity (Wildman–Crippen MR) is 132 cm³/mol. The molecule has 2 fully saturated rings. The van der Waals surface area contributed by atoms with Gasteiger partial charge < -0.3 is 25.0 Å². The smallest absolute Gasteiger partial charge is 0.334 e. The van der Waals surface area contributed by atoms with Gasteiger partial charge in [0.1, 0.15) is 18.0 Å². The first kappa shape index (κ1) is 27.0. The van der Waals surface area contributed by atoms with Crippen LogP contribution in [0.2, 0.25) is 0 Å². The molecule has 0 aliphatic carbocycles. The van der Waals surface area contributed by atoms with Crippen LogP contribution in [-0.4, -0.2) is 94.2 Å². The summed E-state index contributed by atoms with van der Waals surface area (Å²) in [5.41, 5.74) is 1.51. The summed E-state index contributed by atoms with van der Waals surface area (Å²) in [6, 6.07) is 13.5. The van der Waals surface area contributed by atoms with Gasteiger partial charge in [0.25, 0.3) is 0 Å². The van der Waals surface area contributed by atoms with Gasteiger partial charge in [0.2, 0.25) is 11.8 Å². The quantitative estimate of drug-likeness (QED) is 0.471. The molecule has 38 heavy (non-hydrogen) atoms. The Labute approximate surface area is 219 Å². The third-order valence-corrected chi connectivity index (χ3v) is 6.47. The number of hydrogen-bond acceptors (Lipinski definition) is 6. The SMILES string of the molecule is CN1CC(=O)N2C(CN(CCOCc3cccc(F)c3)C(=O)[C@@H]2CC(=O)O)N1C(=O)NCc1ccccc1. The van der Waals surface area contributed by atoms with Crippen LogP contribution in [0.3, 0.4) is 0 Å². The molecule has 202 valence electrons. The van der Waals surface area contributed by atoms with E-state index < -0.39 is 42.4 Å². The minimum Gasteiger partial charge on any atom is -0.481 e. The number of aliphatic carboxylic acids is 1. The molecule has 1 unspecified atom stereocenters. The van der Waals surface area contributed by atoms with Crippen LogP contribution in [0.25, 0.3) is 0 Å². The number of amides is 4. The van der Waals surface area contributed by atoms with E-state index in [-0.39, 0.29) is 45.2 Å². The molecule has 0 spiro atoms. The standard InChI is InChI=1S/C26H30FN5O6/c1-29-16-23(33)31-21(13-24(34)35)25(36)30(10-11-38-17-19-8-5-9-20(27)12-19)15-22(31)32(29)26(37)28-14-18-6-3-2-4-7-18/h2-9,12,21-22H,10-11,13-17H2,1H3,(H,28,37)(H,34,35)/t21-,22?/m0/s1. The number of carboxylic acid groups (broad SMARTS) is 1. The monoisotopic (exact) mass is 527 g/mol. The van der Waals surface area contributed by atoms with Crippen LogP contribution in [0.4, 0.5) is 9.18 Å². The minimum absolute atomic E-state index is 0.0207. The van der Waals surface area contributed by atoms with E-state index in [9.17, 15) is 28.7 Å². The van der Waals surface area contributed by atoms with E-state index in [1.54, 1.807) is 19.2 Å². The Morgan fingerprint density at radius 1 is 1.11 bits per heavy atom. The Balaban J connectivity index is 1.48. The number of nitrogens with one attached hydrogen (secondary N) is 1. The highest BCUT2D eigenvalue weighted by Gasteiger charge is 2.51. The molecule has 2 aliphatic heterocycles. The Hall–Kier alpha value is -4.03. The number of piperazine rings is 1. The lowest BCUT2D eigenvalue weighted by Crippen LogP contribution is -2.76. The van der Waals surface area contributed by atoms with Gasteiger partial charge in [-0.1, -0.05) is 42.5 Å². The van der Waals surface area contributed by atoms with Gasteiger partial charge >= 0.3 is 12.0 Å². The molecule has 11 nitrogen and oxygen atoms in total. The normalized spacial score (nSPS) is 19.9.